The molecule has 2 fully saturated rings. The molecular weight excluding hydrogens is 260 g/mol. The van der Waals surface area contributed by atoms with E-state index in [-0.39, 0.29) is 6.61 Å². The van der Waals surface area contributed by atoms with Crippen LogP contribution >= 0.6 is 11.8 Å². The highest BCUT2D eigenvalue weighted by atomic mass is 32.2. The Kier molecular flexibility index (Phi) is 3.54. The van der Waals surface area contributed by atoms with Gasteiger partial charge in [-0.3, -0.25) is 0 Å². The van der Waals surface area contributed by atoms with Crippen LogP contribution in [0.5, 0.6) is 0 Å². The lowest BCUT2D eigenvalue weighted by atomic mass is 9.98. The minimum absolute atomic E-state index is 0.0956. The van der Waals surface area contributed by atoms with Crippen molar-refractivity contribution in [3.05, 3.63) is 5.56 Å². The zero-order valence-corrected chi connectivity index (χ0v) is 12.0. The van der Waals surface area contributed by atoms with Crippen molar-refractivity contribution in [2.45, 2.75) is 31.0 Å². The molecule has 1 aliphatic heterocycles. The molecule has 1 saturated carbocycles. The number of nitrogens with zero attached hydrogens (tertiary/aromatic N) is 3. The van der Waals surface area contributed by atoms with Gasteiger partial charge in [0, 0.05) is 13.1 Å². The van der Waals surface area contributed by atoms with E-state index in [4.69, 9.17) is 5.73 Å². The summed E-state index contributed by atoms with van der Waals surface area (Å²) < 4.78 is 0. The summed E-state index contributed by atoms with van der Waals surface area (Å²) in [6.07, 6.45) is 5.94. The maximum Gasteiger partial charge on any atom is 0.191 e. The van der Waals surface area contributed by atoms with Gasteiger partial charge in [-0.2, -0.15) is 0 Å². The number of nitrogen functional groups attached to an aromatic ring is 1. The van der Waals surface area contributed by atoms with E-state index in [1.165, 1.54) is 31.0 Å². The van der Waals surface area contributed by atoms with Gasteiger partial charge in [0.1, 0.15) is 11.6 Å². The number of aliphatic hydroxyl groups excluding tert-OH is 1. The van der Waals surface area contributed by atoms with Crippen molar-refractivity contribution in [1.29, 1.82) is 0 Å². The van der Waals surface area contributed by atoms with Crippen LogP contribution in [0.15, 0.2) is 5.16 Å². The average molecular weight is 280 g/mol. The molecule has 2 heterocycles. The monoisotopic (exact) mass is 280 g/mol. The van der Waals surface area contributed by atoms with Gasteiger partial charge in [-0.15, -0.1) is 0 Å². The molecule has 1 saturated heterocycles. The zero-order chi connectivity index (χ0) is 13.4. The Balaban J connectivity index is 1.96. The largest absolute Gasteiger partial charge is 0.391 e. The lowest BCUT2D eigenvalue weighted by Crippen LogP contribution is -2.37. The minimum atomic E-state index is -0.0956. The smallest absolute Gasteiger partial charge is 0.191 e. The molecule has 0 amide bonds. The Hall–Kier alpha value is -1.01. The fourth-order valence-corrected chi connectivity index (χ4v) is 3.72. The topological polar surface area (TPSA) is 75.3 Å². The summed E-state index contributed by atoms with van der Waals surface area (Å²) in [7, 11) is 0. The van der Waals surface area contributed by atoms with Gasteiger partial charge in [0.05, 0.1) is 12.2 Å². The highest BCUT2D eigenvalue weighted by molar-refractivity contribution is 7.98. The molecule has 1 aliphatic carbocycles. The molecule has 3 rings (SSSR count). The molecule has 6 heteroatoms. The third kappa shape index (κ3) is 2.39. The number of rotatable bonds is 3. The Labute approximate surface area is 117 Å². The van der Waals surface area contributed by atoms with Crippen LogP contribution in [0.1, 0.15) is 24.8 Å². The second-order valence-corrected chi connectivity index (χ2v) is 6.28. The number of fused-ring (bicyclic) bond motifs is 2. The van der Waals surface area contributed by atoms with Crippen molar-refractivity contribution in [1.82, 2.24) is 9.97 Å². The molecule has 2 bridgehead atoms. The quantitative estimate of drug-likeness (QED) is 0.646. The number of hydrogen-bond donors (Lipinski definition) is 2. The molecule has 0 radical (unpaired) electrons. The van der Waals surface area contributed by atoms with E-state index >= 15 is 0 Å². The molecule has 2 aliphatic rings. The molecule has 0 spiro atoms. The van der Waals surface area contributed by atoms with Crippen molar-refractivity contribution in [2.75, 3.05) is 30.0 Å². The molecule has 1 aromatic heterocycles. The number of thioether (sulfide) groups is 1. The standard InChI is InChI=1S/C13H20N4OS/c1-19-13-15-11(14)10(7-18)12(16-13)17-5-8-2-3-9(4-8)6-17/h8-9,18H,2-7H2,1H3,(H2,14,15,16). The third-order valence-electron chi connectivity index (χ3n) is 4.24. The predicted octanol–water partition coefficient (Wildman–Crippen LogP) is 1.51. The highest BCUT2D eigenvalue weighted by Gasteiger charge is 2.34. The van der Waals surface area contributed by atoms with Crippen LogP contribution in [0.25, 0.3) is 0 Å². The number of aromatic nitrogens is 2. The van der Waals surface area contributed by atoms with Crippen LogP contribution < -0.4 is 10.6 Å². The van der Waals surface area contributed by atoms with Gasteiger partial charge >= 0.3 is 0 Å². The molecule has 2 unspecified atom stereocenters. The van der Waals surface area contributed by atoms with Crippen molar-refractivity contribution >= 4 is 23.4 Å². The van der Waals surface area contributed by atoms with Crippen LogP contribution in [-0.4, -0.2) is 34.4 Å². The van der Waals surface area contributed by atoms with E-state index in [1.54, 1.807) is 0 Å². The summed E-state index contributed by atoms with van der Waals surface area (Å²) in [5, 5.41) is 10.2. The van der Waals surface area contributed by atoms with Crippen LogP contribution in [0.4, 0.5) is 11.6 Å². The molecule has 3 N–H and O–H groups in total. The van der Waals surface area contributed by atoms with E-state index < -0.39 is 0 Å². The Morgan fingerprint density at radius 3 is 2.58 bits per heavy atom. The summed E-state index contributed by atoms with van der Waals surface area (Å²) >= 11 is 1.49. The number of hydrogen-bond acceptors (Lipinski definition) is 6. The summed E-state index contributed by atoms with van der Waals surface area (Å²) in [6.45, 7) is 1.98. The van der Waals surface area contributed by atoms with Crippen LogP contribution in [-0.2, 0) is 6.61 Å². The van der Waals surface area contributed by atoms with Crippen LogP contribution in [0.3, 0.4) is 0 Å². The summed E-state index contributed by atoms with van der Waals surface area (Å²) in [5.41, 5.74) is 6.63. The van der Waals surface area contributed by atoms with Crippen molar-refractivity contribution in [3.8, 4) is 0 Å². The van der Waals surface area contributed by atoms with Crippen molar-refractivity contribution < 1.29 is 5.11 Å². The lowest BCUT2D eigenvalue weighted by molar-refractivity contribution is 0.281. The Bertz CT molecular complexity index is 470. The second-order valence-electron chi connectivity index (χ2n) is 5.51. The first-order chi connectivity index (χ1) is 9.21. The predicted molar refractivity (Wildman–Crippen MR) is 77.2 cm³/mol. The Morgan fingerprint density at radius 2 is 2.00 bits per heavy atom. The molecule has 104 valence electrons. The fraction of sp³-hybridized carbons (Fsp3) is 0.692. The first-order valence-corrected chi connectivity index (χ1v) is 8.00. The first kappa shape index (κ1) is 13.0. The molecular formula is C13H20N4OS. The van der Waals surface area contributed by atoms with Gasteiger partial charge in [0.15, 0.2) is 5.16 Å². The van der Waals surface area contributed by atoms with Crippen molar-refractivity contribution in [2.24, 2.45) is 11.8 Å². The van der Waals surface area contributed by atoms with E-state index in [1.807, 2.05) is 6.26 Å². The molecule has 1 aromatic rings. The number of anilines is 2. The van der Waals surface area contributed by atoms with Gasteiger partial charge < -0.3 is 15.7 Å². The summed E-state index contributed by atoms with van der Waals surface area (Å²) in [6, 6.07) is 0. The number of aliphatic hydroxyl groups is 1. The molecule has 5 nitrogen and oxygen atoms in total. The van der Waals surface area contributed by atoms with Crippen LogP contribution in [0.2, 0.25) is 0 Å². The summed E-state index contributed by atoms with van der Waals surface area (Å²) in [4.78, 5) is 11.1. The van der Waals surface area contributed by atoms with Crippen molar-refractivity contribution in [3.63, 3.8) is 0 Å². The maximum absolute atomic E-state index is 9.55. The fourth-order valence-electron chi connectivity index (χ4n) is 3.35. The van der Waals surface area contributed by atoms with Gasteiger partial charge in [0.25, 0.3) is 0 Å². The normalized spacial score (nSPS) is 25.9. The summed E-state index contributed by atoms with van der Waals surface area (Å²) in [5.74, 6) is 2.81. The van der Waals surface area contributed by atoms with Crippen LogP contribution in [0, 0.1) is 11.8 Å². The first-order valence-electron chi connectivity index (χ1n) is 6.77. The number of nitrogens with two attached hydrogens (primary N) is 1. The van der Waals surface area contributed by atoms with E-state index in [2.05, 4.69) is 14.9 Å². The lowest BCUT2D eigenvalue weighted by Gasteiger charge is -2.34. The Morgan fingerprint density at radius 1 is 1.32 bits per heavy atom. The number of piperidine rings is 1. The van der Waals surface area contributed by atoms with Gasteiger partial charge in [-0.05, 0) is 37.4 Å². The maximum atomic E-state index is 9.55. The van der Waals surface area contributed by atoms with Gasteiger partial charge in [-0.25, -0.2) is 9.97 Å². The SMILES string of the molecule is CSc1nc(N)c(CO)c(N2CC3CCC(C3)C2)n1. The average Bonchev–Trinajstić information content (AvgIpc) is 2.76. The van der Waals surface area contributed by atoms with Gasteiger partial charge in [0.2, 0.25) is 0 Å². The second kappa shape index (κ2) is 5.17. The van der Waals surface area contributed by atoms with E-state index in [0.29, 0.717) is 16.5 Å². The van der Waals surface area contributed by atoms with E-state index in [0.717, 1.165) is 30.7 Å². The third-order valence-corrected chi connectivity index (χ3v) is 4.79. The molecule has 19 heavy (non-hydrogen) atoms. The van der Waals surface area contributed by atoms with E-state index in [9.17, 15) is 5.11 Å². The minimum Gasteiger partial charge on any atom is -0.391 e. The van der Waals surface area contributed by atoms with Gasteiger partial charge in [-0.1, -0.05) is 11.8 Å². The molecule has 2 atom stereocenters. The highest BCUT2D eigenvalue weighted by Crippen LogP contribution is 2.39. The molecule has 0 aromatic carbocycles. The zero-order valence-electron chi connectivity index (χ0n) is 11.2.